The van der Waals surface area contributed by atoms with Gasteiger partial charge in [0.1, 0.15) is 0 Å². The number of aromatic nitrogens is 1. The van der Waals surface area contributed by atoms with Crippen LogP contribution in [0.1, 0.15) is 23.4 Å². The zero-order valence-electron chi connectivity index (χ0n) is 7.15. The third kappa shape index (κ3) is 2.09. The standard InChI is InChI=1S/C9H15NO/c1-7-6-8(2)10-9(7)4-3-5-11/h6,10-11H,3-5H2,1-2H3. The maximum Gasteiger partial charge on any atom is 0.0434 e. The van der Waals surface area contributed by atoms with Gasteiger partial charge in [0, 0.05) is 18.0 Å². The van der Waals surface area contributed by atoms with Gasteiger partial charge in [-0.2, -0.15) is 0 Å². The first-order chi connectivity index (χ1) is 5.24. The third-order valence-electron chi connectivity index (χ3n) is 1.84. The molecule has 2 N–H and O–H groups in total. The number of hydrogen-bond acceptors (Lipinski definition) is 1. The Morgan fingerprint density at radius 1 is 1.45 bits per heavy atom. The van der Waals surface area contributed by atoms with Crippen LogP contribution in [0, 0.1) is 13.8 Å². The molecule has 1 heterocycles. The van der Waals surface area contributed by atoms with E-state index in [1.807, 2.05) is 0 Å². The van der Waals surface area contributed by atoms with Crippen LogP contribution in [0.5, 0.6) is 0 Å². The van der Waals surface area contributed by atoms with Crippen LogP contribution < -0.4 is 0 Å². The maximum atomic E-state index is 8.61. The van der Waals surface area contributed by atoms with Crippen LogP contribution in [0.15, 0.2) is 6.07 Å². The summed E-state index contributed by atoms with van der Waals surface area (Å²) in [5.41, 5.74) is 3.77. The summed E-state index contributed by atoms with van der Waals surface area (Å²) in [6, 6.07) is 2.13. The highest BCUT2D eigenvalue weighted by Crippen LogP contribution is 2.10. The Kier molecular flexibility index (Phi) is 2.71. The molecule has 0 aliphatic carbocycles. The van der Waals surface area contributed by atoms with Crippen LogP contribution >= 0.6 is 0 Å². The van der Waals surface area contributed by atoms with E-state index in [4.69, 9.17) is 5.11 Å². The molecule has 0 spiro atoms. The van der Waals surface area contributed by atoms with Crippen LogP contribution in [0.4, 0.5) is 0 Å². The van der Waals surface area contributed by atoms with Crippen molar-refractivity contribution >= 4 is 0 Å². The molecule has 1 aromatic rings. The van der Waals surface area contributed by atoms with Crippen LogP contribution in [-0.2, 0) is 6.42 Å². The van der Waals surface area contributed by atoms with Crippen molar-refractivity contribution in [1.29, 1.82) is 0 Å². The molecular weight excluding hydrogens is 138 g/mol. The molecular formula is C9H15NO. The van der Waals surface area contributed by atoms with Gasteiger partial charge in [0.15, 0.2) is 0 Å². The predicted octanol–water partition coefficient (Wildman–Crippen LogP) is 1.56. The lowest BCUT2D eigenvalue weighted by molar-refractivity contribution is 0.288. The number of aliphatic hydroxyl groups is 1. The van der Waals surface area contributed by atoms with Crippen molar-refractivity contribution in [1.82, 2.24) is 4.98 Å². The summed E-state index contributed by atoms with van der Waals surface area (Å²) in [4.78, 5) is 3.27. The molecule has 11 heavy (non-hydrogen) atoms. The van der Waals surface area contributed by atoms with Crippen LogP contribution in [0.3, 0.4) is 0 Å². The number of rotatable bonds is 3. The Bertz CT molecular complexity index is 227. The first-order valence-electron chi connectivity index (χ1n) is 4.00. The van der Waals surface area contributed by atoms with Gasteiger partial charge in [-0.1, -0.05) is 0 Å². The minimum absolute atomic E-state index is 0.275. The van der Waals surface area contributed by atoms with Crippen molar-refractivity contribution in [2.75, 3.05) is 6.61 Å². The molecule has 0 amide bonds. The minimum atomic E-state index is 0.275. The van der Waals surface area contributed by atoms with E-state index in [0.717, 1.165) is 12.8 Å². The Hall–Kier alpha value is -0.760. The number of hydrogen-bond donors (Lipinski definition) is 2. The van der Waals surface area contributed by atoms with Gasteiger partial charge in [0.2, 0.25) is 0 Å². The van der Waals surface area contributed by atoms with Crippen molar-refractivity contribution in [2.45, 2.75) is 26.7 Å². The molecule has 0 unspecified atom stereocenters. The second kappa shape index (κ2) is 3.58. The Morgan fingerprint density at radius 2 is 2.18 bits per heavy atom. The molecule has 2 nitrogen and oxygen atoms in total. The largest absolute Gasteiger partial charge is 0.396 e. The smallest absolute Gasteiger partial charge is 0.0434 e. The number of nitrogens with one attached hydrogen (secondary N) is 1. The van der Waals surface area contributed by atoms with Gasteiger partial charge >= 0.3 is 0 Å². The van der Waals surface area contributed by atoms with E-state index in [-0.39, 0.29) is 6.61 Å². The molecule has 0 fully saturated rings. The average Bonchev–Trinajstić information content (AvgIpc) is 2.26. The van der Waals surface area contributed by atoms with Crippen LogP contribution in [0.2, 0.25) is 0 Å². The minimum Gasteiger partial charge on any atom is -0.396 e. The molecule has 2 heteroatoms. The average molecular weight is 153 g/mol. The summed E-state index contributed by atoms with van der Waals surface area (Å²) in [7, 11) is 0. The lowest BCUT2D eigenvalue weighted by atomic mass is 10.2. The first-order valence-corrected chi connectivity index (χ1v) is 4.00. The zero-order chi connectivity index (χ0) is 8.27. The molecule has 0 aliphatic heterocycles. The van der Waals surface area contributed by atoms with E-state index in [9.17, 15) is 0 Å². The molecule has 0 radical (unpaired) electrons. The first kappa shape index (κ1) is 8.34. The quantitative estimate of drug-likeness (QED) is 0.679. The van der Waals surface area contributed by atoms with Crippen LogP contribution in [-0.4, -0.2) is 16.7 Å². The summed E-state index contributed by atoms with van der Waals surface area (Å²) >= 11 is 0. The molecule has 0 bridgehead atoms. The molecule has 1 rings (SSSR count). The van der Waals surface area contributed by atoms with Crippen molar-refractivity contribution in [3.05, 3.63) is 23.0 Å². The fourth-order valence-corrected chi connectivity index (χ4v) is 1.30. The molecule has 1 aromatic heterocycles. The molecule has 62 valence electrons. The molecule has 0 aliphatic rings. The normalized spacial score (nSPS) is 10.5. The summed E-state index contributed by atoms with van der Waals surface area (Å²) < 4.78 is 0. The van der Waals surface area contributed by atoms with E-state index < -0.39 is 0 Å². The summed E-state index contributed by atoms with van der Waals surface area (Å²) in [6.07, 6.45) is 1.80. The Morgan fingerprint density at radius 3 is 2.64 bits per heavy atom. The molecule has 0 saturated heterocycles. The van der Waals surface area contributed by atoms with Gasteiger partial charge in [-0.3, -0.25) is 0 Å². The Balaban J connectivity index is 2.62. The van der Waals surface area contributed by atoms with E-state index in [1.165, 1.54) is 17.0 Å². The number of H-pyrrole nitrogens is 1. The summed E-state index contributed by atoms with van der Waals surface area (Å²) in [5.74, 6) is 0. The molecule has 0 atom stereocenters. The maximum absolute atomic E-state index is 8.61. The van der Waals surface area contributed by atoms with Crippen molar-refractivity contribution in [3.8, 4) is 0 Å². The summed E-state index contributed by atoms with van der Waals surface area (Å²) in [5, 5.41) is 8.61. The highest BCUT2D eigenvalue weighted by molar-refractivity contribution is 5.23. The van der Waals surface area contributed by atoms with Gasteiger partial charge in [-0.05, 0) is 38.3 Å². The third-order valence-corrected chi connectivity index (χ3v) is 1.84. The van der Waals surface area contributed by atoms with Crippen molar-refractivity contribution < 1.29 is 5.11 Å². The van der Waals surface area contributed by atoms with Crippen molar-refractivity contribution in [2.24, 2.45) is 0 Å². The summed E-state index contributed by atoms with van der Waals surface area (Å²) in [6.45, 7) is 4.42. The van der Waals surface area contributed by atoms with Gasteiger partial charge in [0.25, 0.3) is 0 Å². The topological polar surface area (TPSA) is 36.0 Å². The monoisotopic (exact) mass is 153 g/mol. The van der Waals surface area contributed by atoms with E-state index in [2.05, 4.69) is 24.9 Å². The molecule has 0 aromatic carbocycles. The van der Waals surface area contributed by atoms with Gasteiger partial charge in [-0.15, -0.1) is 0 Å². The van der Waals surface area contributed by atoms with Gasteiger partial charge < -0.3 is 10.1 Å². The van der Waals surface area contributed by atoms with E-state index in [1.54, 1.807) is 0 Å². The lowest BCUT2D eigenvalue weighted by Gasteiger charge is -1.96. The highest BCUT2D eigenvalue weighted by Gasteiger charge is 1.99. The predicted molar refractivity (Wildman–Crippen MR) is 45.7 cm³/mol. The lowest BCUT2D eigenvalue weighted by Crippen LogP contribution is -1.91. The fourth-order valence-electron chi connectivity index (χ4n) is 1.30. The van der Waals surface area contributed by atoms with Crippen molar-refractivity contribution in [3.63, 3.8) is 0 Å². The number of aryl methyl sites for hydroxylation is 3. The second-order valence-electron chi connectivity index (χ2n) is 2.94. The second-order valence-corrected chi connectivity index (χ2v) is 2.94. The number of aliphatic hydroxyl groups excluding tert-OH is 1. The number of aromatic amines is 1. The fraction of sp³-hybridized carbons (Fsp3) is 0.556. The van der Waals surface area contributed by atoms with Crippen LogP contribution in [0.25, 0.3) is 0 Å². The SMILES string of the molecule is Cc1cc(C)c(CCCO)[nH]1. The van der Waals surface area contributed by atoms with Gasteiger partial charge in [0.05, 0.1) is 0 Å². The van der Waals surface area contributed by atoms with E-state index in [0.29, 0.717) is 0 Å². The van der Waals surface area contributed by atoms with Gasteiger partial charge in [-0.25, -0.2) is 0 Å². The zero-order valence-corrected chi connectivity index (χ0v) is 7.15. The Labute approximate surface area is 67.3 Å². The molecule has 0 saturated carbocycles. The van der Waals surface area contributed by atoms with E-state index >= 15 is 0 Å². The highest BCUT2D eigenvalue weighted by atomic mass is 16.2.